The largest absolute Gasteiger partial charge is 0.419 e. The molecule has 0 N–H and O–H groups in total. The number of hydrogen-bond acceptors (Lipinski definition) is 4. The molecule has 0 atom stereocenters. The van der Waals surface area contributed by atoms with Crippen LogP contribution in [0.25, 0.3) is 0 Å². The summed E-state index contributed by atoms with van der Waals surface area (Å²) in [5.41, 5.74) is -0.932. The van der Waals surface area contributed by atoms with E-state index in [1.807, 2.05) is 0 Å². The Morgan fingerprint density at radius 3 is 1.96 bits per heavy atom. The molecule has 8 heteroatoms. The number of carbonyl (C=O) groups excluding carboxylic acids is 2. The Kier molecular flexibility index (Phi) is 5.39. The van der Waals surface area contributed by atoms with Crippen molar-refractivity contribution in [2.75, 3.05) is 0 Å². The van der Waals surface area contributed by atoms with Crippen molar-refractivity contribution in [3.63, 3.8) is 0 Å². The molecule has 0 fully saturated rings. The highest BCUT2D eigenvalue weighted by Crippen LogP contribution is 2.29. The number of benzene rings is 3. The van der Waals surface area contributed by atoms with Crippen molar-refractivity contribution in [1.29, 1.82) is 0 Å². The summed E-state index contributed by atoms with van der Waals surface area (Å²) in [6, 6.07) is 11.4. The van der Waals surface area contributed by atoms with Gasteiger partial charge in [-0.2, -0.15) is 0 Å². The number of esters is 2. The maximum atomic E-state index is 13.7. The van der Waals surface area contributed by atoms with Crippen molar-refractivity contribution in [3.8, 4) is 11.5 Å². The summed E-state index contributed by atoms with van der Waals surface area (Å²) < 4.78 is 63.3. The summed E-state index contributed by atoms with van der Waals surface area (Å²) in [6.07, 6.45) is 0. The van der Waals surface area contributed by atoms with Crippen LogP contribution in [0.5, 0.6) is 11.5 Å². The van der Waals surface area contributed by atoms with Gasteiger partial charge in [0.1, 0.15) is 5.82 Å². The molecule has 0 aliphatic carbocycles. The SMILES string of the molecule is O=C(Oc1ccccc1OC(=O)c1ccc(F)c(F)c1F)c1cccc(F)c1. The molecule has 0 bridgehead atoms. The van der Waals surface area contributed by atoms with E-state index in [1.54, 1.807) is 0 Å². The van der Waals surface area contributed by atoms with Crippen LogP contribution in [-0.4, -0.2) is 11.9 Å². The first-order valence-electron chi connectivity index (χ1n) is 7.79. The van der Waals surface area contributed by atoms with Crippen molar-refractivity contribution < 1.29 is 36.6 Å². The smallest absolute Gasteiger partial charge is 0.346 e. The zero-order chi connectivity index (χ0) is 20.3. The third-order valence-electron chi connectivity index (χ3n) is 3.57. The van der Waals surface area contributed by atoms with E-state index in [1.165, 1.54) is 36.4 Å². The predicted octanol–water partition coefficient (Wildman–Crippen LogP) is 4.68. The second kappa shape index (κ2) is 7.91. The molecule has 0 radical (unpaired) electrons. The Bertz CT molecular complexity index is 1070. The van der Waals surface area contributed by atoms with E-state index in [0.29, 0.717) is 6.07 Å². The van der Waals surface area contributed by atoms with Crippen LogP contribution in [-0.2, 0) is 0 Å². The van der Waals surface area contributed by atoms with Gasteiger partial charge in [0, 0.05) is 0 Å². The molecule has 0 aliphatic heterocycles. The first kappa shape index (κ1) is 19.1. The predicted molar refractivity (Wildman–Crippen MR) is 89.1 cm³/mol. The second-order valence-corrected chi connectivity index (χ2v) is 5.46. The molecule has 0 saturated carbocycles. The molecule has 3 aromatic carbocycles. The molecule has 0 amide bonds. The van der Waals surface area contributed by atoms with Crippen LogP contribution in [0.2, 0.25) is 0 Å². The van der Waals surface area contributed by atoms with Gasteiger partial charge < -0.3 is 9.47 Å². The van der Waals surface area contributed by atoms with Gasteiger partial charge in [-0.15, -0.1) is 0 Å². The highest BCUT2D eigenvalue weighted by molar-refractivity contribution is 5.93. The van der Waals surface area contributed by atoms with E-state index >= 15 is 0 Å². The molecule has 0 aromatic heterocycles. The van der Waals surface area contributed by atoms with Gasteiger partial charge in [-0.1, -0.05) is 18.2 Å². The fraction of sp³-hybridized carbons (Fsp3) is 0. The topological polar surface area (TPSA) is 52.6 Å². The minimum absolute atomic E-state index is 0.0900. The lowest BCUT2D eigenvalue weighted by Gasteiger charge is -2.11. The number of hydrogen-bond donors (Lipinski definition) is 0. The highest BCUT2D eigenvalue weighted by atomic mass is 19.2. The minimum atomic E-state index is -1.82. The Balaban J connectivity index is 1.84. The summed E-state index contributed by atoms with van der Waals surface area (Å²) in [4.78, 5) is 24.2. The molecular formula is C20H10F4O4. The number of rotatable bonds is 4. The van der Waals surface area contributed by atoms with Crippen LogP contribution in [0, 0.1) is 23.3 Å². The van der Waals surface area contributed by atoms with E-state index in [-0.39, 0.29) is 17.1 Å². The molecule has 0 unspecified atom stereocenters. The number of carbonyl (C=O) groups is 2. The normalized spacial score (nSPS) is 10.4. The van der Waals surface area contributed by atoms with Crippen LogP contribution in [0.1, 0.15) is 20.7 Å². The van der Waals surface area contributed by atoms with Crippen molar-refractivity contribution in [2.45, 2.75) is 0 Å². The van der Waals surface area contributed by atoms with E-state index in [9.17, 15) is 27.2 Å². The zero-order valence-corrected chi connectivity index (χ0v) is 13.9. The minimum Gasteiger partial charge on any atom is -0.419 e. The van der Waals surface area contributed by atoms with Crippen molar-refractivity contribution in [2.24, 2.45) is 0 Å². The molecule has 3 rings (SSSR count). The lowest BCUT2D eigenvalue weighted by Crippen LogP contribution is -2.14. The Hall–Kier alpha value is -3.68. The Morgan fingerprint density at radius 2 is 1.32 bits per heavy atom. The number of para-hydroxylation sites is 2. The van der Waals surface area contributed by atoms with E-state index in [4.69, 9.17) is 9.47 Å². The number of ether oxygens (including phenoxy) is 2. The lowest BCUT2D eigenvalue weighted by molar-refractivity contribution is 0.0678. The Morgan fingerprint density at radius 1 is 0.679 bits per heavy atom. The fourth-order valence-corrected chi connectivity index (χ4v) is 2.23. The summed E-state index contributed by atoms with van der Waals surface area (Å²) in [6.45, 7) is 0. The maximum absolute atomic E-state index is 13.7. The van der Waals surface area contributed by atoms with Crippen molar-refractivity contribution in [3.05, 3.63) is 95.1 Å². The summed E-state index contributed by atoms with van der Waals surface area (Å²) in [5.74, 6) is -8.39. The Labute approximate surface area is 155 Å². The molecule has 0 spiro atoms. The molecule has 28 heavy (non-hydrogen) atoms. The van der Waals surface area contributed by atoms with Gasteiger partial charge in [-0.05, 0) is 42.5 Å². The average molecular weight is 390 g/mol. The van der Waals surface area contributed by atoms with Gasteiger partial charge in [0.2, 0.25) is 0 Å². The molecule has 4 nitrogen and oxygen atoms in total. The maximum Gasteiger partial charge on any atom is 0.346 e. The number of halogens is 4. The fourth-order valence-electron chi connectivity index (χ4n) is 2.23. The van der Waals surface area contributed by atoms with E-state index in [0.717, 1.165) is 18.2 Å². The van der Waals surface area contributed by atoms with Crippen LogP contribution < -0.4 is 9.47 Å². The molecule has 3 aromatic rings. The summed E-state index contributed by atoms with van der Waals surface area (Å²) in [7, 11) is 0. The van der Waals surface area contributed by atoms with E-state index < -0.39 is 40.8 Å². The molecular weight excluding hydrogens is 380 g/mol. The standard InChI is InChI=1S/C20H10F4O4/c21-12-5-3-4-11(10-12)19(25)27-15-6-1-2-7-16(15)28-20(26)13-8-9-14(22)18(24)17(13)23/h1-10H. The van der Waals surface area contributed by atoms with Crippen LogP contribution in [0.4, 0.5) is 17.6 Å². The lowest BCUT2D eigenvalue weighted by atomic mass is 10.2. The van der Waals surface area contributed by atoms with Gasteiger partial charge in [-0.3, -0.25) is 0 Å². The van der Waals surface area contributed by atoms with Gasteiger partial charge in [0.05, 0.1) is 11.1 Å². The monoisotopic (exact) mass is 390 g/mol. The van der Waals surface area contributed by atoms with Crippen LogP contribution in [0.15, 0.2) is 60.7 Å². The zero-order valence-electron chi connectivity index (χ0n) is 13.9. The summed E-state index contributed by atoms with van der Waals surface area (Å²) in [5, 5.41) is 0. The van der Waals surface area contributed by atoms with Gasteiger partial charge in [-0.25, -0.2) is 27.2 Å². The molecule has 142 valence electrons. The first-order valence-corrected chi connectivity index (χ1v) is 7.79. The van der Waals surface area contributed by atoms with Crippen molar-refractivity contribution in [1.82, 2.24) is 0 Å². The van der Waals surface area contributed by atoms with Crippen molar-refractivity contribution >= 4 is 11.9 Å². The highest BCUT2D eigenvalue weighted by Gasteiger charge is 2.22. The third kappa shape index (κ3) is 4.01. The molecule has 0 heterocycles. The quantitative estimate of drug-likeness (QED) is 0.281. The van der Waals surface area contributed by atoms with E-state index in [2.05, 4.69) is 0 Å². The molecule has 0 saturated heterocycles. The molecule has 0 aliphatic rings. The van der Waals surface area contributed by atoms with Crippen LogP contribution in [0.3, 0.4) is 0 Å². The van der Waals surface area contributed by atoms with Gasteiger partial charge in [0.15, 0.2) is 29.0 Å². The average Bonchev–Trinajstić information content (AvgIpc) is 2.67. The summed E-state index contributed by atoms with van der Waals surface area (Å²) >= 11 is 0. The third-order valence-corrected chi connectivity index (χ3v) is 3.57. The first-order chi connectivity index (χ1) is 13.4. The van der Waals surface area contributed by atoms with Gasteiger partial charge in [0.25, 0.3) is 0 Å². The van der Waals surface area contributed by atoms with Gasteiger partial charge >= 0.3 is 11.9 Å². The van der Waals surface area contributed by atoms with Crippen LogP contribution >= 0.6 is 0 Å². The second-order valence-electron chi connectivity index (χ2n) is 5.46.